The maximum absolute atomic E-state index is 6.03. The molecule has 3 rings (SSSR count). The molecule has 0 N–H and O–H groups in total. The van der Waals surface area contributed by atoms with E-state index >= 15 is 0 Å². The third-order valence-corrected chi connectivity index (χ3v) is 4.26. The Hall–Kier alpha value is 0.170. The van der Waals surface area contributed by atoms with Gasteiger partial charge in [-0.15, -0.1) is 11.6 Å². The first-order chi connectivity index (χ1) is 7.34. The van der Waals surface area contributed by atoms with Crippen molar-refractivity contribution in [2.24, 2.45) is 0 Å². The molecule has 3 nitrogen and oxygen atoms in total. The highest BCUT2D eigenvalue weighted by atomic mass is 35.5. The molecule has 0 aliphatic carbocycles. The van der Waals surface area contributed by atoms with Crippen LogP contribution in [0, 0.1) is 0 Å². The molecule has 3 aliphatic rings. The van der Waals surface area contributed by atoms with Crippen molar-refractivity contribution in [1.29, 1.82) is 0 Å². The SMILES string of the molecule is ClCC1COC2(CCN3CCCCC32)O1. The zero-order chi connectivity index (χ0) is 10.3. The normalized spacial score (nSPS) is 46.2. The number of halogens is 1. The Kier molecular flexibility index (Phi) is 2.67. The van der Waals surface area contributed by atoms with Crippen LogP contribution in [0.1, 0.15) is 25.7 Å². The van der Waals surface area contributed by atoms with Gasteiger partial charge in [0.25, 0.3) is 0 Å². The Morgan fingerprint density at radius 1 is 1.33 bits per heavy atom. The fourth-order valence-corrected chi connectivity index (χ4v) is 3.34. The number of nitrogens with zero attached hydrogens (tertiary/aromatic N) is 1. The molecule has 0 bridgehead atoms. The molecule has 3 unspecified atom stereocenters. The summed E-state index contributed by atoms with van der Waals surface area (Å²) in [7, 11) is 0. The van der Waals surface area contributed by atoms with E-state index in [2.05, 4.69) is 4.90 Å². The van der Waals surface area contributed by atoms with Crippen LogP contribution in [0.5, 0.6) is 0 Å². The van der Waals surface area contributed by atoms with E-state index in [4.69, 9.17) is 21.1 Å². The topological polar surface area (TPSA) is 21.7 Å². The highest BCUT2D eigenvalue weighted by molar-refractivity contribution is 6.18. The van der Waals surface area contributed by atoms with Crippen LogP contribution in [0.15, 0.2) is 0 Å². The predicted molar refractivity (Wildman–Crippen MR) is 58.1 cm³/mol. The molecule has 3 saturated heterocycles. The summed E-state index contributed by atoms with van der Waals surface area (Å²) in [6.45, 7) is 3.01. The van der Waals surface area contributed by atoms with Gasteiger partial charge in [-0.25, -0.2) is 0 Å². The van der Waals surface area contributed by atoms with E-state index in [9.17, 15) is 0 Å². The lowest BCUT2D eigenvalue weighted by molar-refractivity contribution is -0.185. The summed E-state index contributed by atoms with van der Waals surface area (Å²) < 4.78 is 12.0. The van der Waals surface area contributed by atoms with Crippen molar-refractivity contribution < 1.29 is 9.47 Å². The quantitative estimate of drug-likeness (QED) is 0.640. The van der Waals surface area contributed by atoms with E-state index in [0.717, 1.165) is 13.0 Å². The molecule has 3 fully saturated rings. The Morgan fingerprint density at radius 3 is 3.07 bits per heavy atom. The number of rotatable bonds is 1. The second-order valence-electron chi connectivity index (χ2n) is 4.81. The lowest BCUT2D eigenvalue weighted by Gasteiger charge is -2.36. The summed E-state index contributed by atoms with van der Waals surface area (Å²) in [6, 6.07) is 0.486. The Morgan fingerprint density at radius 2 is 2.27 bits per heavy atom. The predicted octanol–water partition coefficient (Wildman–Crippen LogP) is 1.60. The van der Waals surface area contributed by atoms with Gasteiger partial charge in [0, 0.05) is 13.0 Å². The molecule has 15 heavy (non-hydrogen) atoms. The van der Waals surface area contributed by atoms with E-state index in [1.807, 2.05) is 0 Å². The van der Waals surface area contributed by atoms with E-state index in [0.29, 0.717) is 18.5 Å². The fourth-order valence-electron chi connectivity index (χ4n) is 3.19. The minimum absolute atomic E-state index is 0.105. The number of ether oxygens (including phenoxy) is 2. The average Bonchev–Trinajstić information content (AvgIpc) is 2.86. The first kappa shape index (κ1) is 10.3. The molecule has 0 aromatic heterocycles. The third-order valence-electron chi connectivity index (χ3n) is 3.92. The number of alkyl halides is 1. The van der Waals surface area contributed by atoms with Gasteiger partial charge in [0.1, 0.15) is 0 Å². The summed E-state index contributed by atoms with van der Waals surface area (Å²) in [4.78, 5) is 2.53. The standard InChI is InChI=1S/C11H18ClNO2/c12-7-9-8-14-11(15-9)4-6-13-5-2-1-3-10(11)13/h9-10H,1-8H2. The number of hydrogen-bond acceptors (Lipinski definition) is 3. The monoisotopic (exact) mass is 231 g/mol. The lowest BCUT2D eigenvalue weighted by Crippen LogP contribution is -2.48. The largest absolute Gasteiger partial charge is 0.346 e. The van der Waals surface area contributed by atoms with Crippen LogP contribution >= 0.6 is 11.6 Å². The van der Waals surface area contributed by atoms with E-state index < -0.39 is 0 Å². The molecule has 0 aromatic rings. The molecule has 3 atom stereocenters. The van der Waals surface area contributed by atoms with E-state index in [-0.39, 0.29) is 11.9 Å². The molecular formula is C11H18ClNO2. The van der Waals surface area contributed by atoms with Crippen LogP contribution in [0.3, 0.4) is 0 Å². The third kappa shape index (κ3) is 1.60. The Labute approximate surface area is 95.7 Å². The van der Waals surface area contributed by atoms with Crippen LogP contribution in [0.2, 0.25) is 0 Å². The lowest BCUT2D eigenvalue weighted by atomic mass is 9.98. The van der Waals surface area contributed by atoms with Crippen molar-refractivity contribution in [1.82, 2.24) is 4.90 Å². The summed E-state index contributed by atoms with van der Waals surface area (Å²) in [5, 5.41) is 0. The first-order valence-electron chi connectivity index (χ1n) is 5.96. The zero-order valence-corrected chi connectivity index (χ0v) is 9.71. The average molecular weight is 232 g/mol. The van der Waals surface area contributed by atoms with Gasteiger partial charge < -0.3 is 9.47 Å². The summed E-state index contributed by atoms with van der Waals surface area (Å²) in [6.07, 6.45) is 4.97. The van der Waals surface area contributed by atoms with Crippen molar-refractivity contribution in [2.75, 3.05) is 25.6 Å². The van der Waals surface area contributed by atoms with E-state index in [1.54, 1.807) is 0 Å². The van der Waals surface area contributed by atoms with Crippen molar-refractivity contribution >= 4 is 11.6 Å². The molecule has 1 spiro atoms. The fraction of sp³-hybridized carbons (Fsp3) is 1.00. The maximum Gasteiger partial charge on any atom is 0.185 e. The number of fused-ring (bicyclic) bond motifs is 2. The molecule has 0 saturated carbocycles. The van der Waals surface area contributed by atoms with Gasteiger partial charge in [-0.2, -0.15) is 0 Å². The minimum atomic E-state index is -0.306. The van der Waals surface area contributed by atoms with Crippen LogP contribution in [0.4, 0.5) is 0 Å². The van der Waals surface area contributed by atoms with Crippen molar-refractivity contribution in [2.45, 2.75) is 43.6 Å². The van der Waals surface area contributed by atoms with Gasteiger partial charge in [0.15, 0.2) is 5.79 Å². The van der Waals surface area contributed by atoms with Crippen LogP contribution in [0.25, 0.3) is 0 Å². The Balaban J connectivity index is 1.76. The molecule has 0 radical (unpaired) electrons. The second kappa shape index (κ2) is 3.88. The number of piperidine rings is 1. The van der Waals surface area contributed by atoms with Gasteiger partial charge in [-0.1, -0.05) is 6.42 Å². The molecule has 3 heterocycles. The second-order valence-corrected chi connectivity index (χ2v) is 5.12. The van der Waals surface area contributed by atoms with Crippen molar-refractivity contribution in [3.05, 3.63) is 0 Å². The maximum atomic E-state index is 6.03. The molecule has 0 aromatic carbocycles. The van der Waals surface area contributed by atoms with Gasteiger partial charge in [-0.3, -0.25) is 4.90 Å². The highest BCUT2D eigenvalue weighted by Gasteiger charge is 2.54. The molecule has 3 aliphatic heterocycles. The molecule has 0 amide bonds. The summed E-state index contributed by atoms with van der Waals surface area (Å²) in [5.41, 5.74) is 0. The van der Waals surface area contributed by atoms with Crippen LogP contribution in [-0.2, 0) is 9.47 Å². The van der Waals surface area contributed by atoms with Crippen LogP contribution < -0.4 is 0 Å². The summed E-state index contributed by atoms with van der Waals surface area (Å²) in [5.74, 6) is 0.244. The van der Waals surface area contributed by atoms with Gasteiger partial charge in [0.05, 0.1) is 24.6 Å². The smallest absolute Gasteiger partial charge is 0.185 e. The highest BCUT2D eigenvalue weighted by Crippen LogP contribution is 2.42. The molecule has 4 heteroatoms. The Bertz CT molecular complexity index is 247. The first-order valence-corrected chi connectivity index (χ1v) is 6.49. The molecular weight excluding hydrogens is 214 g/mol. The summed E-state index contributed by atoms with van der Waals surface area (Å²) >= 11 is 5.83. The minimum Gasteiger partial charge on any atom is -0.346 e. The van der Waals surface area contributed by atoms with Crippen LogP contribution in [-0.4, -0.2) is 48.4 Å². The van der Waals surface area contributed by atoms with Gasteiger partial charge in [0.2, 0.25) is 0 Å². The zero-order valence-electron chi connectivity index (χ0n) is 8.95. The van der Waals surface area contributed by atoms with Crippen molar-refractivity contribution in [3.63, 3.8) is 0 Å². The van der Waals surface area contributed by atoms with Gasteiger partial charge in [-0.05, 0) is 19.4 Å². The van der Waals surface area contributed by atoms with Crippen molar-refractivity contribution in [3.8, 4) is 0 Å². The van der Waals surface area contributed by atoms with E-state index in [1.165, 1.54) is 25.8 Å². The number of hydrogen-bond donors (Lipinski definition) is 0. The molecule has 86 valence electrons. The van der Waals surface area contributed by atoms with Gasteiger partial charge >= 0.3 is 0 Å².